The number of nitrogens with one attached hydrogen (secondary N) is 3. The second-order valence-electron chi connectivity index (χ2n) is 5.86. The molecule has 3 N–H and O–H groups in total. The Morgan fingerprint density at radius 3 is 2.62 bits per heavy atom. The van der Waals surface area contributed by atoms with E-state index in [9.17, 15) is 9.59 Å². The number of hydrogen-bond donors (Lipinski definition) is 3. The highest BCUT2D eigenvalue weighted by Crippen LogP contribution is 2.37. The van der Waals surface area contributed by atoms with E-state index in [-0.39, 0.29) is 18.5 Å². The van der Waals surface area contributed by atoms with Gasteiger partial charge in [0.15, 0.2) is 0 Å². The van der Waals surface area contributed by atoms with Gasteiger partial charge in [0.25, 0.3) is 0 Å². The molecule has 0 saturated heterocycles. The Morgan fingerprint density at radius 2 is 1.79 bits per heavy atom. The van der Waals surface area contributed by atoms with Crippen molar-refractivity contribution in [1.82, 2.24) is 10.6 Å². The molecule has 2 aromatic carbocycles. The van der Waals surface area contributed by atoms with E-state index in [1.807, 2.05) is 37.3 Å². The van der Waals surface area contributed by atoms with Crippen molar-refractivity contribution in [2.45, 2.75) is 19.8 Å². The lowest BCUT2D eigenvalue weighted by atomic mass is 10.1. The zero-order chi connectivity index (χ0) is 16.9. The molecule has 0 aliphatic heterocycles. The number of carbonyl (C=O) groups is 2. The lowest BCUT2D eigenvalue weighted by molar-refractivity contribution is -0.120. The molecule has 0 spiro atoms. The quantitative estimate of drug-likeness (QED) is 0.676. The van der Waals surface area contributed by atoms with Gasteiger partial charge in [0.2, 0.25) is 5.91 Å². The maximum absolute atomic E-state index is 11.9. The highest BCUT2D eigenvalue weighted by atomic mass is 16.2. The monoisotopic (exact) mass is 323 g/mol. The number of hydrogen-bond acceptors (Lipinski definition) is 2. The topological polar surface area (TPSA) is 70.2 Å². The molecule has 0 saturated carbocycles. The van der Waals surface area contributed by atoms with E-state index in [4.69, 9.17) is 0 Å². The summed E-state index contributed by atoms with van der Waals surface area (Å²) in [7, 11) is 0. The van der Waals surface area contributed by atoms with Gasteiger partial charge in [-0.1, -0.05) is 37.3 Å². The predicted octanol–water partition coefficient (Wildman–Crippen LogP) is 2.91. The van der Waals surface area contributed by atoms with E-state index in [0.717, 1.165) is 18.5 Å². The number of rotatable bonds is 5. The first-order valence-corrected chi connectivity index (χ1v) is 8.20. The van der Waals surface area contributed by atoms with Crippen LogP contribution in [0.3, 0.4) is 0 Å². The van der Waals surface area contributed by atoms with Crippen molar-refractivity contribution in [3.8, 4) is 11.1 Å². The Morgan fingerprint density at radius 1 is 1.00 bits per heavy atom. The molecule has 0 bridgehead atoms. The van der Waals surface area contributed by atoms with Crippen LogP contribution in [-0.4, -0.2) is 25.0 Å². The summed E-state index contributed by atoms with van der Waals surface area (Å²) in [6, 6.07) is 13.9. The summed E-state index contributed by atoms with van der Waals surface area (Å²) >= 11 is 0. The summed E-state index contributed by atoms with van der Waals surface area (Å²) < 4.78 is 0. The average Bonchev–Trinajstić information content (AvgIpc) is 2.95. The van der Waals surface area contributed by atoms with Crippen molar-refractivity contribution < 1.29 is 9.59 Å². The largest absolute Gasteiger partial charge is 0.355 e. The number of fused-ring (bicyclic) bond motifs is 3. The maximum Gasteiger partial charge on any atom is 0.319 e. The van der Waals surface area contributed by atoms with Crippen molar-refractivity contribution in [1.29, 1.82) is 0 Å². The Labute approximate surface area is 141 Å². The third-order valence-electron chi connectivity index (χ3n) is 4.03. The molecule has 1 aliphatic rings. The fraction of sp³-hybridized carbons (Fsp3) is 0.263. The number of carbonyl (C=O) groups excluding carboxylic acids is 2. The molecule has 124 valence electrons. The van der Waals surface area contributed by atoms with E-state index < -0.39 is 0 Å². The van der Waals surface area contributed by atoms with Crippen molar-refractivity contribution in [3.63, 3.8) is 0 Å². The fourth-order valence-electron chi connectivity index (χ4n) is 2.89. The first kappa shape index (κ1) is 16.1. The van der Waals surface area contributed by atoms with Crippen LogP contribution in [0.1, 0.15) is 24.5 Å². The van der Waals surface area contributed by atoms with Gasteiger partial charge < -0.3 is 16.0 Å². The number of amides is 3. The van der Waals surface area contributed by atoms with Gasteiger partial charge in [-0.2, -0.15) is 0 Å². The number of benzene rings is 2. The van der Waals surface area contributed by atoms with Gasteiger partial charge in [0, 0.05) is 12.2 Å². The van der Waals surface area contributed by atoms with Crippen molar-refractivity contribution in [3.05, 3.63) is 53.6 Å². The number of anilines is 1. The molecule has 3 rings (SSSR count). The van der Waals surface area contributed by atoms with Gasteiger partial charge in [0.1, 0.15) is 0 Å². The van der Waals surface area contributed by atoms with Crippen LogP contribution in [-0.2, 0) is 11.2 Å². The van der Waals surface area contributed by atoms with Gasteiger partial charge in [-0.05, 0) is 47.2 Å². The summed E-state index contributed by atoms with van der Waals surface area (Å²) in [4.78, 5) is 23.4. The molecule has 24 heavy (non-hydrogen) atoms. The predicted molar refractivity (Wildman–Crippen MR) is 95.0 cm³/mol. The Balaban J connectivity index is 1.58. The summed E-state index contributed by atoms with van der Waals surface area (Å²) in [5.74, 6) is -0.184. The van der Waals surface area contributed by atoms with Crippen LogP contribution < -0.4 is 16.0 Å². The van der Waals surface area contributed by atoms with Crippen molar-refractivity contribution >= 4 is 17.6 Å². The highest BCUT2D eigenvalue weighted by molar-refractivity contribution is 5.93. The second-order valence-corrected chi connectivity index (χ2v) is 5.86. The summed E-state index contributed by atoms with van der Waals surface area (Å²) in [5.41, 5.74) is 5.72. The van der Waals surface area contributed by atoms with Crippen LogP contribution in [0.2, 0.25) is 0 Å². The van der Waals surface area contributed by atoms with Gasteiger partial charge in [-0.25, -0.2) is 4.79 Å². The normalized spacial score (nSPS) is 11.4. The van der Waals surface area contributed by atoms with Crippen LogP contribution in [0.5, 0.6) is 0 Å². The maximum atomic E-state index is 11.9. The van der Waals surface area contributed by atoms with Gasteiger partial charge in [0.05, 0.1) is 6.54 Å². The minimum atomic E-state index is -0.378. The first-order valence-electron chi connectivity index (χ1n) is 8.20. The van der Waals surface area contributed by atoms with Crippen LogP contribution >= 0.6 is 0 Å². The summed E-state index contributed by atoms with van der Waals surface area (Å²) in [6.07, 6.45) is 1.75. The molecule has 2 aromatic rings. The van der Waals surface area contributed by atoms with Crippen LogP contribution in [0, 0.1) is 0 Å². The SMILES string of the molecule is CCCNC(=O)CNC(=O)Nc1ccc2c(c1)Cc1ccccc1-2. The first-order chi connectivity index (χ1) is 11.7. The highest BCUT2D eigenvalue weighted by Gasteiger charge is 2.18. The number of urea groups is 1. The Kier molecular flexibility index (Phi) is 4.79. The summed E-state index contributed by atoms with van der Waals surface area (Å²) in [6.45, 7) is 2.57. The van der Waals surface area contributed by atoms with Crippen molar-refractivity contribution in [2.75, 3.05) is 18.4 Å². The van der Waals surface area contributed by atoms with Crippen molar-refractivity contribution in [2.24, 2.45) is 0 Å². The molecule has 5 nitrogen and oxygen atoms in total. The smallest absolute Gasteiger partial charge is 0.319 e. The zero-order valence-electron chi connectivity index (χ0n) is 13.7. The van der Waals surface area contributed by atoms with Gasteiger partial charge >= 0.3 is 6.03 Å². The molecule has 0 atom stereocenters. The van der Waals surface area contributed by atoms with E-state index in [2.05, 4.69) is 28.1 Å². The average molecular weight is 323 g/mol. The molecule has 0 radical (unpaired) electrons. The van der Waals surface area contributed by atoms with Gasteiger partial charge in [-0.3, -0.25) is 4.79 Å². The van der Waals surface area contributed by atoms with E-state index in [1.165, 1.54) is 22.3 Å². The summed E-state index contributed by atoms with van der Waals surface area (Å²) in [5, 5.41) is 8.06. The van der Waals surface area contributed by atoms with Crippen LogP contribution in [0.4, 0.5) is 10.5 Å². The lowest BCUT2D eigenvalue weighted by Gasteiger charge is -2.09. The minimum absolute atomic E-state index is 0.0256. The fourth-order valence-corrected chi connectivity index (χ4v) is 2.89. The lowest BCUT2D eigenvalue weighted by Crippen LogP contribution is -2.39. The molecular formula is C19H21N3O2. The van der Waals surface area contributed by atoms with E-state index in [1.54, 1.807) is 0 Å². The Bertz CT molecular complexity index is 771. The molecule has 3 amide bonds. The van der Waals surface area contributed by atoms with Crippen LogP contribution in [0.15, 0.2) is 42.5 Å². The molecule has 0 aromatic heterocycles. The molecule has 1 aliphatic carbocycles. The minimum Gasteiger partial charge on any atom is -0.355 e. The second kappa shape index (κ2) is 7.17. The third-order valence-corrected chi connectivity index (χ3v) is 4.03. The zero-order valence-corrected chi connectivity index (χ0v) is 13.7. The van der Waals surface area contributed by atoms with Gasteiger partial charge in [-0.15, -0.1) is 0 Å². The van der Waals surface area contributed by atoms with E-state index >= 15 is 0 Å². The molecule has 0 fully saturated rings. The Hall–Kier alpha value is -2.82. The van der Waals surface area contributed by atoms with Crippen LogP contribution in [0.25, 0.3) is 11.1 Å². The van der Waals surface area contributed by atoms with E-state index in [0.29, 0.717) is 6.54 Å². The molecule has 5 heteroatoms. The standard InChI is InChI=1S/C19H21N3O2/c1-2-9-20-18(23)12-21-19(24)22-15-7-8-17-14(11-15)10-13-5-3-4-6-16(13)17/h3-8,11H,2,9-10,12H2,1H3,(H,20,23)(H2,21,22,24). The third kappa shape index (κ3) is 3.56. The molecule has 0 unspecified atom stereocenters. The molecule has 0 heterocycles. The molecular weight excluding hydrogens is 302 g/mol.